The second-order valence-electron chi connectivity index (χ2n) is 3.74. The highest BCUT2D eigenvalue weighted by atomic mass is 32.2. The van der Waals surface area contributed by atoms with Crippen LogP contribution in [0.2, 0.25) is 0 Å². The predicted molar refractivity (Wildman–Crippen MR) is 68.4 cm³/mol. The van der Waals surface area contributed by atoms with Gasteiger partial charge in [-0.05, 0) is 26.0 Å². The predicted octanol–water partition coefficient (Wildman–Crippen LogP) is 1.63. The van der Waals surface area contributed by atoms with Crippen molar-refractivity contribution in [2.24, 2.45) is 0 Å². The van der Waals surface area contributed by atoms with Crippen LogP contribution in [0.15, 0.2) is 0 Å². The highest BCUT2D eigenvalue weighted by Gasteiger charge is 2.13. The number of carbonyl (C=O) groups is 1. The molecule has 0 aromatic heterocycles. The molecule has 15 heavy (non-hydrogen) atoms. The molecule has 0 bridgehead atoms. The Hall–Kier alpha value is -0.220. The van der Waals surface area contributed by atoms with E-state index in [1.807, 2.05) is 18.7 Å². The number of thioether (sulfide) groups is 1. The lowest BCUT2D eigenvalue weighted by Gasteiger charge is -2.19. The molecule has 0 aliphatic rings. The monoisotopic (exact) mass is 232 g/mol. The molecule has 0 saturated heterocycles. The molecular formula is C11H24N2OS. The fourth-order valence-electron chi connectivity index (χ4n) is 1.25. The lowest BCUT2D eigenvalue weighted by atomic mass is 10.2. The van der Waals surface area contributed by atoms with Gasteiger partial charge in [0.2, 0.25) is 5.91 Å². The van der Waals surface area contributed by atoms with Gasteiger partial charge in [-0.1, -0.05) is 13.8 Å². The molecule has 1 amide bonds. The summed E-state index contributed by atoms with van der Waals surface area (Å²) in [6.45, 7) is 9.00. The first-order chi connectivity index (χ1) is 7.11. The van der Waals surface area contributed by atoms with Crippen molar-refractivity contribution in [1.82, 2.24) is 10.6 Å². The molecule has 0 radical (unpaired) electrons. The SMILES string of the molecule is CCCNC(=O)C(C)NC(C)CSCC. The summed E-state index contributed by atoms with van der Waals surface area (Å²) in [6, 6.07) is 0.293. The molecule has 2 atom stereocenters. The highest BCUT2D eigenvalue weighted by Crippen LogP contribution is 2.02. The van der Waals surface area contributed by atoms with Crippen LogP contribution in [0.25, 0.3) is 0 Å². The molecule has 0 aliphatic carbocycles. The van der Waals surface area contributed by atoms with E-state index >= 15 is 0 Å². The minimum Gasteiger partial charge on any atom is -0.355 e. The van der Waals surface area contributed by atoms with Crippen molar-refractivity contribution >= 4 is 17.7 Å². The topological polar surface area (TPSA) is 41.1 Å². The van der Waals surface area contributed by atoms with Crippen molar-refractivity contribution in [2.75, 3.05) is 18.1 Å². The first kappa shape index (κ1) is 14.8. The minimum absolute atomic E-state index is 0.0935. The van der Waals surface area contributed by atoms with Gasteiger partial charge in [0, 0.05) is 18.3 Å². The van der Waals surface area contributed by atoms with E-state index in [9.17, 15) is 4.79 Å². The van der Waals surface area contributed by atoms with Gasteiger partial charge in [0.1, 0.15) is 0 Å². The number of hydrogen-bond donors (Lipinski definition) is 2. The van der Waals surface area contributed by atoms with E-state index in [-0.39, 0.29) is 11.9 Å². The number of rotatable bonds is 8. The average Bonchev–Trinajstić information content (AvgIpc) is 2.22. The van der Waals surface area contributed by atoms with Crippen LogP contribution >= 0.6 is 11.8 Å². The van der Waals surface area contributed by atoms with Crippen LogP contribution in [0.1, 0.15) is 34.1 Å². The molecule has 0 rings (SSSR count). The summed E-state index contributed by atoms with van der Waals surface area (Å²) in [4.78, 5) is 11.5. The Morgan fingerprint density at radius 3 is 2.53 bits per heavy atom. The van der Waals surface area contributed by atoms with E-state index in [0.29, 0.717) is 6.04 Å². The smallest absolute Gasteiger partial charge is 0.236 e. The van der Waals surface area contributed by atoms with Gasteiger partial charge in [0.05, 0.1) is 6.04 Å². The summed E-state index contributed by atoms with van der Waals surface area (Å²) < 4.78 is 0. The third-order valence-electron chi connectivity index (χ3n) is 2.05. The third-order valence-corrected chi connectivity index (χ3v) is 3.19. The summed E-state index contributed by atoms with van der Waals surface area (Å²) in [5.41, 5.74) is 0. The van der Waals surface area contributed by atoms with Gasteiger partial charge in [-0.15, -0.1) is 0 Å². The Labute approximate surface area is 97.8 Å². The molecular weight excluding hydrogens is 208 g/mol. The number of nitrogens with one attached hydrogen (secondary N) is 2. The standard InChI is InChI=1S/C11H24N2OS/c1-5-7-12-11(14)10(4)13-9(3)8-15-6-2/h9-10,13H,5-8H2,1-4H3,(H,12,14). The third kappa shape index (κ3) is 7.68. The number of carbonyl (C=O) groups excluding carboxylic acids is 1. The van der Waals surface area contributed by atoms with Gasteiger partial charge in [-0.2, -0.15) is 11.8 Å². The highest BCUT2D eigenvalue weighted by molar-refractivity contribution is 7.99. The first-order valence-electron chi connectivity index (χ1n) is 5.73. The minimum atomic E-state index is -0.0935. The fraction of sp³-hybridized carbons (Fsp3) is 0.909. The van der Waals surface area contributed by atoms with Gasteiger partial charge in [0.15, 0.2) is 0 Å². The van der Waals surface area contributed by atoms with E-state index in [4.69, 9.17) is 0 Å². The molecule has 0 spiro atoms. The van der Waals surface area contributed by atoms with Crippen molar-refractivity contribution in [3.8, 4) is 0 Å². The Kier molecular flexibility index (Phi) is 8.91. The molecule has 2 N–H and O–H groups in total. The van der Waals surface area contributed by atoms with Crippen LogP contribution in [0.5, 0.6) is 0 Å². The molecule has 3 nitrogen and oxygen atoms in total. The van der Waals surface area contributed by atoms with Crippen LogP contribution in [0.4, 0.5) is 0 Å². The van der Waals surface area contributed by atoms with Crippen molar-refractivity contribution in [3.05, 3.63) is 0 Å². The van der Waals surface area contributed by atoms with Gasteiger partial charge >= 0.3 is 0 Å². The Bertz CT molecular complexity index is 176. The Morgan fingerprint density at radius 2 is 2.00 bits per heavy atom. The summed E-state index contributed by atoms with van der Waals surface area (Å²) >= 11 is 1.89. The molecule has 0 fully saturated rings. The molecule has 0 aromatic carbocycles. The lowest BCUT2D eigenvalue weighted by molar-refractivity contribution is -0.122. The Balaban J connectivity index is 3.69. The van der Waals surface area contributed by atoms with Crippen LogP contribution in [-0.4, -0.2) is 36.0 Å². The average molecular weight is 232 g/mol. The number of hydrogen-bond acceptors (Lipinski definition) is 3. The van der Waals surface area contributed by atoms with Crippen molar-refractivity contribution < 1.29 is 4.79 Å². The van der Waals surface area contributed by atoms with Crippen LogP contribution in [-0.2, 0) is 4.79 Å². The number of amides is 1. The van der Waals surface area contributed by atoms with Crippen molar-refractivity contribution in [2.45, 2.75) is 46.2 Å². The molecule has 0 aliphatic heterocycles. The van der Waals surface area contributed by atoms with Gasteiger partial charge < -0.3 is 10.6 Å². The maximum Gasteiger partial charge on any atom is 0.236 e. The molecule has 2 unspecified atom stereocenters. The van der Waals surface area contributed by atoms with Crippen molar-refractivity contribution in [3.63, 3.8) is 0 Å². The zero-order valence-electron chi connectivity index (χ0n) is 10.3. The van der Waals surface area contributed by atoms with E-state index in [0.717, 1.165) is 24.5 Å². The maximum absolute atomic E-state index is 11.5. The quantitative estimate of drug-likeness (QED) is 0.668. The Morgan fingerprint density at radius 1 is 1.33 bits per heavy atom. The van der Waals surface area contributed by atoms with E-state index in [1.165, 1.54) is 0 Å². The largest absolute Gasteiger partial charge is 0.355 e. The molecule has 4 heteroatoms. The zero-order chi connectivity index (χ0) is 11.7. The summed E-state index contributed by atoms with van der Waals surface area (Å²) in [7, 11) is 0. The summed E-state index contributed by atoms with van der Waals surface area (Å²) in [6.07, 6.45) is 0.986. The molecule has 90 valence electrons. The second-order valence-corrected chi connectivity index (χ2v) is 5.06. The van der Waals surface area contributed by atoms with Gasteiger partial charge in [-0.3, -0.25) is 4.79 Å². The lowest BCUT2D eigenvalue weighted by Crippen LogP contribution is -2.46. The fourth-order valence-corrected chi connectivity index (χ4v) is 1.93. The molecule has 0 aromatic rings. The normalized spacial score (nSPS) is 14.7. The summed E-state index contributed by atoms with van der Waals surface area (Å²) in [5.74, 6) is 2.29. The zero-order valence-corrected chi connectivity index (χ0v) is 11.1. The van der Waals surface area contributed by atoms with Crippen LogP contribution < -0.4 is 10.6 Å². The second kappa shape index (κ2) is 9.04. The summed E-state index contributed by atoms with van der Waals surface area (Å²) in [5, 5.41) is 6.18. The molecule has 0 heterocycles. The first-order valence-corrected chi connectivity index (χ1v) is 6.88. The van der Waals surface area contributed by atoms with E-state index in [1.54, 1.807) is 0 Å². The van der Waals surface area contributed by atoms with Crippen LogP contribution in [0, 0.1) is 0 Å². The van der Waals surface area contributed by atoms with E-state index in [2.05, 4.69) is 31.4 Å². The van der Waals surface area contributed by atoms with Gasteiger partial charge in [0.25, 0.3) is 0 Å². The van der Waals surface area contributed by atoms with Crippen molar-refractivity contribution in [1.29, 1.82) is 0 Å². The van der Waals surface area contributed by atoms with Gasteiger partial charge in [-0.25, -0.2) is 0 Å². The molecule has 0 saturated carbocycles. The van der Waals surface area contributed by atoms with Crippen LogP contribution in [0.3, 0.4) is 0 Å². The van der Waals surface area contributed by atoms with E-state index < -0.39 is 0 Å². The maximum atomic E-state index is 11.5.